The molecule has 0 N–H and O–H groups in total. The van der Waals surface area contributed by atoms with Crippen LogP contribution < -0.4 is 4.74 Å². The van der Waals surface area contributed by atoms with Crippen LogP contribution in [0.25, 0.3) is 0 Å². The zero-order chi connectivity index (χ0) is 12.3. The molecule has 0 aliphatic heterocycles. The number of rotatable bonds is 3. The average molecular weight is 235 g/mol. The van der Waals surface area contributed by atoms with Crippen molar-refractivity contribution in [3.05, 3.63) is 59.4 Å². The fourth-order valence-corrected chi connectivity index (χ4v) is 1.46. The van der Waals surface area contributed by atoms with E-state index < -0.39 is 5.95 Å². The van der Waals surface area contributed by atoms with Crippen LogP contribution in [0, 0.1) is 18.7 Å². The summed E-state index contributed by atoms with van der Waals surface area (Å²) in [5.41, 5.74) is 1.59. The fraction of sp³-hybridized carbons (Fsp3) is 0.154. The average Bonchev–Trinajstić information content (AvgIpc) is 2.30. The zero-order valence-corrected chi connectivity index (χ0v) is 9.28. The Morgan fingerprint density at radius 1 is 1.24 bits per heavy atom. The topological polar surface area (TPSA) is 22.1 Å². The molecule has 0 aliphatic rings. The van der Waals surface area contributed by atoms with E-state index in [-0.39, 0.29) is 18.2 Å². The second kappa shape index (κ2) is 4.91. The quantitative estimate of drug-likeness (QED) is 0.762. The fourth-order valence-electron chi connectivity index (χ4n) is 1.46. The van der Waals surface area contributed by atoms with E-state index >= 15 is 0 Å². The number of hydrogen-bond donors (Lipinski definition) is 0. The van der Waals surface area contributed by atoms with Crippen LogP contribution in [0.1, 0.15) is 11.1 Å². The molecule has 4 heteroatoms. The Morgan fingerprint density at radius 3 is 2.76 bits per heavy atom. The van der Waals surface area contributed by atoms with Crippen LogP contribution in [-0.4, -0.2) is 4.98 Å². The van der Waals surface area contributed by atoms with Gasteiger partial charge >= 0.3 is 0 Å². The van der Waals surface area contributed by atoms with Crippen molar-refractivity contribution in [3.8, 4) is 5.75 Å². The molecule has 2 rings (SSSR count). The van der Waals surface area contributed by atoms with Gasteiger partial charge in [0.15, 0.2) is 5.75 Å². The van der Waals surface area contributed by atoms with Crippen LogP contribution in [-0.2, 0) is 6.61 Å². The van der Waals surface area contributed by atoms with E-state index in [0.29, 0.717) is 0 Å². The Balaban J connectivity index is 2.10. The van der Waals surface area contributed by atoms with E-state index in [1.807, 2.05) is 0 Å². The Hall–Kier alpha value is -1.97. The lowest BCUT2D eigenvalue weighted by Crippen LogP contribution is -2.00. The smallest absolute Gasteiger partial charge is 0.255 e. The van der Waals surface area contributed by atoms with Crippen molar-refractivity contribution < 1.29 is 13.5 Å². The lowest BCUT2D eigenvalue weighted by atomic mass is 10.1. The molecule has 0 amide bonds. The lowest BCUT2D eigenvalue weighted by Gasteiger charge is -2.08. The first-order valence-electron chi connectivity index (χ1n) is 5.15. The molecule has 0 bridgehead atoms. The Kier molecular flexibility index (Phi) is 3.32. The van der Waals surface area contributed by atoms with E-state index in [4.69, 9.17) is 4.74 Å². The van der Waals surface area contributed by atoms with Gasteiger partial charge in [0.05, 0.1) is 0 Å². The molecule has 0 saturated heterocycles. The summed E-state index contributed by atoms with van der Waals surface area (Å²) in [7, 11) is 0. The third kappa shape index (κ3) is 2.78. The largest absolute Gasteiger partial charge is 0.484 e. The molecule has 1 heterocycles. The van der Waals surface area contributed by atoms with Gasteiger partial charge in [-0.2, -0.15) is 4.39 Å². The minimum atomic E-state index is -0.646. The Morgan fingerprint density at radius 2 is 2.06 bits per heavy atom. The van der Waals surface area contributed by atoms with Gasteiger partial charge in [-0.05, 0) is 42.3 Å². The number of hydrogen-bond acceptors (Lipinski definition) is 2. The molecule has 0 fully saturated rings. The predicted molar refractivity (Wildman–Crippen MR) is 59.7 cm³/mol. The summed E-state index contributed by atoms with van der Waals surface area (Å²) in [4.78, 5) is 3.48. The van der Waals surface area contributed by atoms with E-state index in [9.17, 15) is 8.78 Å². The van der Waals surface area contributed by atoms with Gasteiger partial charge in [-0.25, -0.2) is 9.37 Å². The van der Waals surface area contributed by atoms with Gasteiger partial charge in [-0.1, -0.05) is 6.07 Å². The van der Waals surface area contributed by atoms with Crippen LogP contribution in [0.2, 0.25) is 0 Å². The molecular formula is C13H11F2NO. The monoisotopic (exact) mass is 235 g/mol. The van der Waals surface area contributed by atoms with Crippen molar-refractivity contribution in [2.45, 2.75) is 13.5 Å². The highest BCUT2D eigenvalue weighted by atomic mass is 19.1. The number of aromatic nitrogens is 1. The zero-order valence-electron chi connectivity index (χ0n) is 9.28. The summed E-state index contributed by atoms with van der Waals surface area (Å²) < 4.78 is 31.3. The first-order valence-corrected chi connectivity index (χ1v) is 5.15. The molecule has 0 saturated carbocycles. The molecule has 0 aliphatic carbocycles. The van der Waals surface area contributed by atoms with Crippen molar-refractivity contribution in [1.29, 1.82) is 0 Å². The third-order valence-corrected chi connectivity index (χ3v) is 2.41. The van der Waals surface area contributed by atoms with Gasteiger partial charge in [0.2, 0.25) is 0 Å². The van der Waals surface area contributed by atoms with E-state index in [2.05, 4.69) is 4.98 Å². The standard InChI is InChI=1S/C13H11F2NO/c1-9-7-11(14)5-4-10(9)8-17-12-3-2-6-16-13(12)15/h2-7H,8H2,1H3. The SMILES string of the molecule is Cc1cc(F)ccc1COc1cccnc1F. The summed E-state index contributed by atoms with van der Waals surface area (Å²) in [6.07, 6.45) is 1.35. The normalized spacial score (nSPS) is 10.3. The number of ether oxygens (including phenoxy) is 1. The first-order chi connectivity index (χ1) is 8.16. The number of halogens is 2. The molecule has 0 unspecified atom stereocenters. The molecule has 2 nitrogen and oxygen atoms in total. The molecule has 17 heavy (non-hydrogen) atoms. The number of benzene rings is 1. The highest BCUT2D eigenvalue weighted by Crippen LogP contribution is 2.17. The molecule has 88 valence electrons. The molecule has 2 aromatic rings. The molecule has 1 aromatic heterocycles. The van der Waals surface area contributed by atoms with E-state index in [1.54, 1.807) is 19.1 Å². The Labute approximate surface area is 97.9 Å². The predicted octanol–water partition coefficient (Wildman–Crippen LogP) is 3.25. The lowest BCUT2D eigenvalue weighted by molar-refractivity contribution is 0.285. The molecule has 0 atom stereocenters. The van der Waals surface area contributed by atoms with Crippen LogP contribution in [0.3, 0.4) is 0 Å². The van der Waals surface area contributed by atoms with Gasteiger partial charge in [0.25, 0.3) is 5.95 Å². The molecule has 0 spiro atoms. The van der Waals surface area contributed by atoms with E-state index in [0.717, 1.165) is 11.1 Å². The highest BCUT2D eigenvalue weighted by Gasteiger charge is 2.05. The second-order valence-electron chi connectivity index (χ2n) is 3.65. The molecule has 0 radical (unpaired) electrons. The summed E-state index contributed by atoms with van der Waals surface area (Å²) >= 11 is 0. The van der Waals surface area contributed by atoms with Crippen molar-refractivity contribution in [3.63, 3.8) is 0 Å². The summed E-state index contributed by atoms with van der Waals surface area (Å²) in [5, 5.41) is 0. The number of aryl methyl sites for hydroxylation is 1. The van der Waals surface area contributed by atoms with Crippen molar-refractivity contribution >= 4 is 0 Å². The maximum absolute atomic E-state index is 13.2. The maximum Gasteiger partial charge on any atom is 0.255 e. The maximum atomic E-state index is 13.2. The highest BCUT2D eigenvalue weighted by molar-refractivity contribution is 5.27. The van der Waals surface area contributed by atoms with E-state index in [1.165, 1.54) is 24.4 Å². The van der Waals surface area contributed by atoms with Gasteiger partial charge in [0, 0.05) is 6.20 Å². The van der Waals surface area contributed by atoms with Crippen molar-refractivity contribution in [2.75, 3.05) is 0 Å². The number of nitrogens with zero attached hydrogens (tertiary/aromatic N) is 1. The minimum absolute atomic E-state index is 0.0937. The minimum Gasteiger partial charge on any atom is -0.484 e. The van der Waals surface area contributed by atoms with Gasteiger partial charge < -0.3 is 4.74 Å². The number of pyridine rings is 1. The summed E-state index contributed by atoms with van der Waals surface area (Å²) in [6, 6.07) is 7.49. The van der Waals surface area contributed by atoms with Crippen LogP contribution in [0.4, 0.5) is 8.78 Å². The van der Waals surface area contributed by atoms with Crippen molar-refractivity contribution in [1.82, 2.24) is 4.98 Å². The van der Waals surface area contributed by atoms with Gasteiger partial charge in [0.1, 0.15) is 12.4 Å². The summed E-state index contributed by atoms with van der Waals surface area (Å²) in [6.45, 7) is 1.97. The first kappa shape index (κ1) is 11.5. The summed E-state index contributed by atoms with van der Waals surface area (Å²) in [5.74, 6) is -0.845. The van der Waals surface area contributed by atoms with Crippen LogP contribution in [0.15, 0.2) is 36.5 Å². The van der Waals surface area contributed by atoms with Crippen LogP contribution >= 0.6 is 0 Å². The molecular weight excluding hydrogens is 224 g/mol. The molecule has 1 aromatic carbocycles. The third-order valence-electron chi connectivity index (χ3n) is 2.41. The van der Waals surface area contributed by atoms with Gasteiger partial charge in [-0.15, -0.1) is 0 Å². The van der Waals surface area contributed by atoms with Gasteiger partial charge in [-0.3, -0.25) is 0 Å². The van der Waals surface area contributed by atoms with Crippen LogP contribution in [0.5, 0.6) is 5.75 Å². The second-order valence-corrected chi connectivity index (χ2v) is 3.65. The Bertz CT molecular complexity index is 529. The van der Waals surface area contributed by atoms with Crippen molar-refractivity contribution in [2.24, 2.45) is 0 Å².